The summed E-state index contributed by atoms with van der Waals surface area (Å²) in [5, 5.41) is 11.9. The molecule has 13 nitrogen and oxygen atoms in total. The van der Waals surface area contributed by atoms with Crippen molar-refractivity contribution in [1.29, 1.82) is 0 Å². The van der Waals surface area contributed by atoms with Gasteiger partial charge in [-0.1, -0.05) is 0 Å². The molecule has 2 amide bonds. The first-order valence-electron chi connectivity index (χ1n) is 14.9. The van der Waals surface area contributed by atoms with Crippen molar-refractivity contribution in [2.75, 3.05) is 19.6 Å². The maximum absolute atomic E-state index is 13.4. The number of fused-ring (bicyclic) bond motifs is 1. The average molecular weight is 638 g/mol. The number of sulfonamides is 1. The molecule has 0 bridgehead atoms. The van der Waals surface area contributed by atoms with Crippen molar-refractivity contribution in [3.8, 4) is 5.75 Å². The molecule has 1 unspecified atom stereocenters. The number of alkyl carbamates (subject to hydrolysis) is 1. The number of guanidine groups is 1. The van der Waals surface area contributed by atoms with E-state index in [1.165, 1.54) is 0 Å². The number of amides is 2. The minimum Gasteiger partial charge on any atom is -0.487 e. The van der Waals surface area contributed by atoms with E-state index in [1.54, 1.807) is 39.5 Å². The molecule has 0 saturated carbocycles. The molecule has 1 saturated heterocycles. The molecule has 0 radical (unpaired) electrons. The zero-order chi connectivity index (χ0) is 33.2. The molecular weight excluding hydrogens is 590 g/mol. The second-order valence-corrected chi connectivity index (χ2v) is 14.8. The number of nitrogens with two attached hydrogens (primary N) is 1. The Bertz CT molecular complexity index is 1420. The minimum atomic E-state index is -4.07. The molecule has 0 aliphatic carbocycles. The van der Waals surface area contributed by atoms with Crippen molar-refractivity contribution in [2.45, 2.75) is 110 Å². The van der Waals surface area contributed by atoms with E-state index in [0.717, 1.165) is 16.9 Å². The lowest BCUT2D eigenvalue weighted by molar-refractivity contribution is -0.146. The fourth-order valence-corrected chi connectivity index (χ4v) is 7.16. The van der Waals surface area contributed by atoms with Crippen LogP contribution < -0.4 is 20.5 Å². The fraction of sp³-hybridized carbons (Fsp3) is 0.667. The molecule has 0 aromatic heterocycles. The summed E-state index contributed by atoms with van der Waals surface area (Å²) >= 11 is 0. The number of nitrogens with zero attached hydrogens (tertiary/aromatic N) is 2. The maximum atomic E-state index is 13.4. The number of hydrogen-bond acceptors (Lipinski definition) is 8. The number of carboxylic acids is 1. The zero-order valence-corrected chi connectivity index (χ0v) is 27.8. The van der Waals surface area contributed by atoms with Crippen LogP contribution in [0.25, 0.3) is 0 Å². The summed E-state index contributed by atoms with van der Waals surface area (Å²) in [4.78, 5) is 43.0. The predicted octanol–water partition coefficient (Wildman–Crippen LogP) is 2.92. The van der Waals surface area contributed by atoms with Crippen LogP contribution in [0.4, 0.5) is 4.79 Å². The monoisotopic (exact) mass is 637 g/mol. The van der Waals surface area contributed by atoms with Gasteiger partial charge < -0.3 is 30.5 Å². The van der Waals surface area contributed by atoms with Crippen LogP contribution in [0.3, 0.4) is 0 Å². The highest BCUT2D eigenvalue weighted by Crippen LogP contribution is 2.43. The number of carboxylic acid groups (broad SMARTS) is 1. The van der Waals surface area contributed by atoms with Crippen molar-refractivity contribution in [3.63, 3.8) is 0 Å². The standard InChI is InChI=1S/C30H47N5O8S/c1-17-18(2)24(19(3)21-16-30(7,8)42-23(17)21)44(40,41)34-27(31)32-13-9-10-22(33-28(39)43-29(4,5)6)25(36)35-14-11-20(12-15-35)26(37)38/h20,22H,9-16H2,1-8H3,(H,33,39)(H,37,38)(H3,31,32,34). The first kappa shape index (κ1) is 34.9. The lowest BCUT2D eigenvalue weighted by Gasteiger charge is -2.33. The second-order valence-electron chi connectivity index (χ2n) is 13.2. The lowest BCUT2D eigenvalue weighted by Crippen LogP contribution is -2.52. The Morgan fingerprint density at radius 3 is 2.32 bits per heavy atom. The van der Waals surface area contributed by atoms with E-state index in [9.17, 15) is 27.9 Å². The third-order valence-electron chi connectivity index (χ3n) is 7.88. The molecule has 1 fully saturated rings. The van der Waals surface area contributed by atoms with Gasteiger partial charge in [0.05, 0.1) is 10.8 Å². The van der Waals surface area contributed by atoms with Gasteiger partial charge in [-0.15, -0.1) is 0 Å². The number of hydrogen-bond donors (Lipinski definition) is 4. The molecule has 5 N–H and O–H groups in total. The van der Waals surface area contributed by atoms with Gasteiger partial charge in [-0.05, 0) is 97.8 Å². The molecule has 1 aromatic rings. The van der Waals surface area contributed by atoms with Gasteiger partial charge in [-0.25, -0.2) is 17.9 Å². The molecule has 1 atom stereocenters. The number of piperidine rings is 1. The van der Waals surface area contributed by atoms with Gasteiger partial charge in [0.15, 0.2) is 0 Å². The average Bonchev–Trinajstić information content (AvgIpc) is 3.23. The molecule has 2 aliphatic rings. The Hall–Kier alpha value is -3.55. The number of carbonyl (C=O) groups excluding carboxylic acids is 2. The molecule has 246 valence electrons. The number of aliphatic imine (C=N–C) groups is 1. The first-order chi connectivity index (χ1) is 20.2. The molecule has 1 aromatic carbocycles. The highest BCUT2D eigenvalue weighted by Gasteiger charge is 2.37. The molecule has 14 heteroatoms. The number of nitrogens with one attached hydrogen (secondary N) is 2. The maximum Gasteiger partial charge on any atom is 0.408 e. The third-order valence-corrected chi connectivity index (χ3v) is 9.51. The van der Waals surface area contributed by atoms with Crippen LogP contribution in [0, 0.1) is 26.7 Å². The molecule has 44 heavy (non-hydrogen) atoms. The van der Waals surface area contributed by atoms with Crippen molar-refractivity contribution in [1.82, 2.24) is 14.9 Å². The first-order valence-corrected chi connectivity index (χ1v) is 16.4. The Morgan fingerprint density at radius 1 is 1.14 bits per heavy atom. The number of likely N-dealkylation sites (tertiary alicyclic amines) is 1. The number of carbonyl (C=O) groups is 3. The van der Waals surface area contributed by atoms with E-state index in [-0.39, 0.29) is 42.8 Å². The minimum absolute atomic E-state index is 0.0818. The van der Waals surface area contributed by atoms with Crippen molar-refractivity contribution >= 4 is 34.0 Å². The Balaban J connectivity index is 1.68. The normalized spacial score (nSPS) is 17.8. The second kappa shape index (κ2) is 13.2. The topological polar surface area (TPSA) is 190 Å². The van der Waals surface area contributed by atoms with Gasteiger partial charge in [0.2, 0.25) is 11.9 Å². The van der Waals surface area contributed by atoms with Crippen molar-refractivity contribution in [3.05, 3.63) is 22.3 Å². The van der Waals surface area contributed by atoms with E-state index < -0.39 is 45.2 Å². The fourth-order valence-electron chi connectivity index (χ4n) is 5.64. The molecule has 2 aliphatic heterocycles. The van der Waals surface area contributed by atoms with Crippen LogP contribution in [0.2, 0.25) is 0 Å². The summed E-state index contributed by atoms with van der Waals surface area (Å²) in [6, 6.07) is -0.939. The number of benzene rings is 1. The summed E-state index contributed by atoms with van der Waals surface area (Å²) in [5.74, 6) is -1.31. The predicted molar refractivity (Wildman–Crippen MR) is 165 cm³/mol. The van der Waals surface area contributed by atoms with E-state index >= 15 is 0 Å². The van der Waals surface area contributed by atoms with Gasteiger partial charge >= 0.3 is 12.1 Å². The lowest BCUT2D eigenvalue weighted by atomic mass is 9.94. The number of aliphatic carboxylic acids is 1. The molecule has 2 heterocycles. The summed E-state index contributed by atoms with van der Waals surface area (Å²) in [6.45, 7) is 15.0. The van der Waals surface area contributed by atoms with Gasteiger partial charge in [0, 0.05) is 31.6 Å². The van der Waals surface area contributed by atoms with E-state index in [4.69, 9.17) is 15.2 Å². The SMILES string of the molecule is Cc1c(C)c(S(=O)(=O)NC(N)=NCCCC(NC(=O)OC(C)(C)C)C(=O)N2CCC(C(=O)O)CC2)c(C)c2c1OC(C)(C)C2. The largest absolute Gasteiger partial charge is 0.487 e. The summed E-state index contributed by atoms with van der Waals surface area (Å²) < 4.78 is 40.7. The number of ether oxygens (including phenoxy) is 2. The Morgan fingerprint density at radius 2 is 1.75 bits per heavy atom. The van der Waals surface area contributed by atoms with Gasteiger partial charge in [0.1, 0.15) is 23.0 Å². The highest BCUT2D eigenvalue weighted by molar-refractivity contribution is 7.90. The smallest absolute Gasteiger partial charge is 0.408 e. The summed E-state index contributed by atoms with van der Waals surface area (Å²) in [7, 11) is -4.07. The van der Waals surface area contributed by atoms with Gasteiger partial charge in [-0.3, -0.25) is 14.6 Å². The van der Waals surface area contributed by atoms with Crippen LogP contribution in [-0.2, 0) is 30.8 Å². The van der Waals surface area contributed by atoms with E-state index in [0.29, 0.717) is 36.8 Å². The van der Waals surface area contributed by atoms with E-state index in [2.05, 4.69) is 15.0 Å². The number of rotatable bonds is 9. The van der Waals surface area contributed by atoms with Crippen LogP contribution in [0.1, 0.15) is 82.6 Å². The molecule has 3 rings (SSSR count). The van der Waals surface area contributed by atoms with Crippen LogP contribution in [0.15, 0.2) is 9.89 Å². The Kier molecular flexibility index (Phi) is 10.5. The summed E-state index contributed by atoms with van der Waals surface area (Å²) in [6.07, 6.45) is 0.955. The van der Waals surface area contributed by atoms with Crippen LogP contribution in [-0.4, -0.2) is 79.2 Å². The molecule has 0 spiro atoms. The van der Waals surface area contributed by atoms with Gasteiger partial charge in [-0.2, -0.15) is 0 Å². The van der Waals surface area contributed by atoms with E-state index in [1.807, 2.05) is 20.8 Å². The summed E-state index contributed by atoms with van der Waals surface area (Å²) in [5.41, 5.74) is 7.57. The van der Waals surface area contributed by atoms with Crippen LogP contribution in [0.5, 0.6) is 5.75 Å². The van der Waals surface area contributed by atoms with Crippen molar-refractivity contribution in [2.24, 2.45) is 16.6 Å². The van der Waals surface area contributed by atoms with Gasteiger partial charge in [0.25, 0.3) is 10.0 Å². The highest BCUT2D eigenvalue weighted by atomic mass is 32.2. The quantitative estimate of drug-likeness (QED) is 0.179. The Labute approximate surface area is 260 Å². The molecular formula is C30H47N5O8S. The zero-order valence-electron chi connectivity index (χ0n) is 27.0. The third kappa shape index (κ3) is 8.54. The van der Waals surface area contributed by atoms with Crippen molar-refractivity contribution < 1.29 is 37.4 Å². The van der Waals surface area contributed by atoms with Crippen LogP contribution >= 0.6 is 0 Å².